The lowest BCUT2D eigenvalue weighted by atomic mass is 9.80. The van der Waals surface area contributed by atoms with E-state index in [1.807, 2.05) is 18.2 Å². The highest BCUT2D eigenvalue weighted by Crippen LogP contribution is 2.37. The molecule has 2 heterocycles. The quantitative estimate of drug-likeness (QED) is 0.356. The van der Waals surface area contributed by atoms with Crippen LogP contribution in [0.2, 0.25) is 0 Å². The highest BCUT2D eigenvalue weighted by atomic mass is 19.3. The summed E-state index contributed by atoms with van der Waals surface area (Å²) in [5.41, 5.74) is 1.53. The number of rotatable bonds is 6. The lowest BCUT2D eigenvalue weighted by Gasteiger charge is -2.43. The molecule has 2 aromatic carbocycles. The van der Waals surface area contributed by atoms with E-state index in [0.29, 0.717) is 12.8 Å². The second-order valence-corrected chi connectivity index (χ2v) is 7.93. The van der Waals surface area contributed by atoms with Gasteiger partial charge in [-0.1, -0.05) is 30.3 Å². The molecule has 0 unspecified atom stereocenters. The van der Waals surface area contributed by atoms with Crippen molar-refractivity contribution in [3.8, 4) is 0 Å². The third kappa shape index (κ3) is 5.16. The Bertz CT molecular complexity index is 1130. The van der Waals surface area contributed by atoms with Gasteiger partial charge in [0.05, 0.1) is 11.1 Å². The first-order valence-electron chi connectivity index (χ1n) is 10.7. The number of piperidine rings is 1. The van der Waals surface area contributed by atoms with E-state index >= 15 is 0 Å². The zero-order chi connectivity index (χ0) is 24.1. The number of benzene rings is 2. The van der Waals surface area contributed by atoms with Crippen molar-refractivity contribution in [1.82, 2.24) is 9.97 Å². The number of aromatic nitrogens is 2. The van der Waals surface area contributed by atoms with Crippen molar-refractivity contribution in [2.45, 2.75) is 24.8 Å². The van der Waals surface area contributed by atoms with Gasteiger partial charge in [0.2, 0.25) is 11.8 Å². The Morgan fingerprint density at radius 1 is 0.971 bits per heavy atom. The molecule has 0 spiro atoms. The van der Waals surface area contributed by atoms with Crippen LogP contribution in [0.15, 0.2) is 67.0 Å². The van der Waals surface area contributed by atoms with E-state index in [0.717, 1.165) is 24.3 Å². The molecule has 3 N–H and O–H groups in total. The number of para-hydroxylation sites is 1. The van der Waals surface area contributed by atoms with Crippen molar-refractivity contribution < 1.29 is 17.9 Å². The Balaban J connectivity index is 1.53. The molecule has 1 aliphatic heterocycles. The lowest BCUT2D eigenvalue weighted by Crippen LogP contribution is -2.47. The first kappa shape index (κ1) is 23.2. The SMILES string of the molecule is N=C(OC(=N)C(F)F)c1cnc(NC2(c3ccc(F)cc3)CCN(c3ccccc3)CC2)nc1. The maximum Gasteiger partial charge on any atom is 0.312 e. The van der Waals surface area contributed by atoms with Gasteiger partial charge in [-0.15, -0.1) is 0 Å². The first-order chi connectivity index (χ1) is 16.4. The summed E-state index contributed by atoms with van der Waals surface area (Å²) in [4.78, 5) is 10.7. The summed E-state index contributed by atoms with van der Waals surface area (Å²) >= 11 is 0. The van der Waals surface area contributed by atoms with Crippen LogP contribution >= 0.6 is 0 Å². The fourth-order valence-corrected chi connectivity index (χ4v) is 3.98. The molecule has 176 valence electrons. The average Bonchev–Trinajstić information content (AvgIpc) is 2.85. The summed E-state index contributed by atoms with van der Waals surface area (Å²) in [5.74, 6) is -2.00. The number of halogens is 3. The van der Waals surface area contributed by atoms with E-state index in [1.54, 1.807) is 12.1 Å². The Hall–Kier alpha value is -3.95. The van der Waals surface area contributed by atoms with Crippen LogP contribution in [0.4, 0.5) is 24.8 Å². The zero-order valence-corrected chi connectivity index (χ0v) is 18.1. The number of anilines is 2. The fraction of sp³-hybridized carbons (Fsp3) is 0.250. The van der Waals surface area contributed by atoms with Gasteiger partial charge < -0.3 is 15.0 Å². The minimum atomic E-state index is -3.11. The molecule has 0 radical (unpaired) electrons. The van der Waals surface area contributed by atoms with Crippen molar-refractivity contribution in [3.63, 3.8) is 0 Å². The largest absolute Gasteiger partial charge is 0.419 e. The molecule has 0 amide bonds. The minimum absolute atomic E-state index is 0.0608. The van der Waals surface area contributed by atoms with Crippen molar-refractivity contribution in [1.29, 1.82) is 10.8 Å². The number of hydrogen-bond acceptors (Lipinski definition) is 7. The maximum absolute atomic E-state index is 13.6. The summed E-state index contributed by atoms with van der Waals surface area (Å²) in [6, 6.07) is 16.4. The maximum atomic E-state index is 13.6. The molecule has 7 nitrogen and oxygen atoms in total. The van der Waals surface area contributed by atoms with Crippen LogP contribution in [0.1, 0.15) is 24.0 Å². The van der Waals surface area contributed by atoms with Gasteiger partial charge in [-0.2, -0.15) is 8.78 Å². The minimum Gasteiger partial charge on any atom is -0.419 e. The van der Waals surface area contributed by atoms with Gasteiger partial charge in [0, 0.05) is 31.2 Å². The van der Waals surface area contributed by atoms with Crippen LogP contribution in [0.5, 0.6) is 0 Å². The molecule has 1 fully saturated rings. The standard InChI is InChI=1S/C24H23F3N6O/c25-18-8-6-17(7-9-18)24(10-12-33(13-11-24)19-4-2-1-3-5-19)32-23-30-14-16(15-31-23)21(28)34-22(29)20(26)27/h1-9,14-15,20,28-29H,10-13H2,(H,30,31,32). The molecular weight excluding hydrogens is 445 g/mol. The van der Waals surface area contributed by atoms with Crippen LogP contribution in [0, 0.1) is 16.6 Å². The van der Waals surface area contributed by atoms with E-state index in [9.17, 15) is 13.2 Å². The van der Waals surface area contributed by atoms with Gasteiger partial charge in [0.25, 0.3) is 5.90 Å². The number of alkyl halides is 2. The highest BCUT2D eigenvalue weighted by Gasteiger charge is 2.37. The predicted octanol–water partition coefficient (Wildman–Crippen LogP) is 4.81. The molecule has 0 saturated carbocycles. The smallest absolute Gasteiger partial charge is 0.312 e. The molecule has 0 atom stereocenters. The number of ether oxygens (including phenoxy) is 1. The van der Waals surface area contributed by atoms with Crippen LogP contribution in [0.3, 0.4) is 0 Å². The van der Waals surface area contributed by atoms with Crippen molar-refractivity contribution >= 4 is 23.4 Å². The van der Waals surface area contributed by atoms with Gasteiger partial charge in [-0.3, -0.25) is 10.8 Å². The molecule has 1 aliphatic rings. The molecular formula is C24H23F3N6O. The van der Waals surface area contributed by atoms with E-state index < -0.39 is 23.8 Å². The van der Waals surface area contributed by atoms with E-state index in [4.69, 9.17) is 10.8 Å². The number of hydrogen-bond donors (Lipinski definition) is 3. The van der Waals surface area contributed by atoms with Crippen molar-refractivity contribution in [2.24, 2.45) is 0 Å². The third-order valence-electron chi connectivity index (χ3n) is 5.81. The zero-order valence-electron chi connectivity index (χ0n) is 18.1. The lowest BCUT2D eigenvalue weighted by molar-refractivity contribution is 0.197. The summed E-state index contributed by atoms with van der Waals surface area (Å²) in [7, 11) is 0. The normalized spacial score (nSPS) is 15.1. The Kier molecular flexibility index (Phi) is 6.76. The number of nitrogens with one attached hydrogen (secondary N) is 3. The highest BCUT2D eigenvalue weighted by molar-refractivity contribution is 5.99. The third-order valence-corrected chi connectivity index (χ3v) is 5.81. The van der Waals surface area contributed by atoms with Gasteiger partial charge in [0.1, 0.15) is 5.82 Å². The first-order valence-corrected chi connectivity index (χ1v) is 10.7. The van der Waals surface area contributed by atoms with E-state index in [1.165, 1.54) is 24.5 Å². The molecule has 10 heteroatoms. The Morgan fingerprint density at radius 2 is 1.59 bits per heavy atom. The van der Waals surface area contributed by atoms with Crippen LogP contribution in [-0.2, 0) is 10.3 Å². The van der Waals surface area contributed by atoms with Gasteiger partial charge >= 0.3 is 6.43 Å². The van der Waals surface area contributed by atoms with E-state index in [-0.39, 0.29) is 17.3 Å². The summed E-state index contributed by atoms with van der Waals surface area (Å²) < 4.78 is 43.1. The summed E-state index contributed by atoms with van der Waals surface area (Å²) in [6.45, 7) is 1.50. The summed E-state index contributed by atoms with van der Waals surface area (Å²) in [6.07, 6.45) is 0.827. The second-order valence-electron chi connectivity index (χ2n) is 7.93. The van der Waals surface area contributed by atoms with Crippen molar-refractivity contribution in [2.75, 3.05) is 23.3 Å². The molecule has 1 aromatic heterocycles. The van der Waals surface area contributed by atoms with Crippen LogP contribution in [-0.4, -0.2) is 41.3 Å². The molecule has 0 aliphatic carbocycles. The van der Waals surface area contributed by atoms with Gasteiger partial charge in [-0.25, -0.2) is 14.4 Å². The van der Waals surface area contributed by atoms with Crippen LogP contribution in [0.25, 0.3) is 0 Å². The van der Waals surface area contributed by atoms with Crippen LogP contribution < -0.4 is 10.2 Å². The molecule has 0 bridgehead atoms. The predicted molar refractivity (Wildman–Crippen MR) is 123 cm³/mol. The van der Waals surface area contributed by atoms with E-state index in [2.05, 4.69) is 37.1 Å². The number of nitrogens with zero attached hydrogens (tertiary/aromatic N) is 3. The molecule has 1 saturated heterocycles. The fourth-order valence-electron chi connectivity index (χ4n) is 3.98. The average molecular weight is 468 g/mol. The molecule has 4 rings (SSSR count). The topological polar surface area (TPSA) is 98.0 Å². The molecule has 3 aromatic rings. The monoisotopic (exact) mass is 468 g/mol. The Morgan fingerprint density at radius 3 is 2.18 bits per heavy atom. The van der Waals surface area contributed by atoms with Gasteiger partial charge in [0.15, 0.2) is 0 Å². The molecule has 34 heavy (non-hydrogen) atoms. The van der Waals surface area contributed by atoms with Gasteiger partial charge in [-0.05, 0) is 42.7 Å². The Labute approximate surface area is 194 Å². The summed E-state index contributed by atoms with van der Waals surface area (Å²) in [5, 5.41) is 18.2. The second kappa shape index (κ2) is 9.90. The van der Waals surface area contributed by atoms with Crippen molar-refractivity contribution in [3.05, 3.63) is 83.9 Å².